The van der Waals surface area contributed by atoms with E-state index in [2.05, 4.69) is 5.32 Å². The Labute approximate surface area is 116 Å². The van der Waals surface area contributed by atoms with E-state index in [1.165, 1.54) is 0 Å². The molecule has 18 heavy (non-hydrogen) atoms. The van der Waals surface area contributed by atoms with E-state index in [0.717, 1.165) is 12.0 Å². The van der Waals surface area contributed by atoms with Crippen LogP contribution in [0.3, 0.4) is 0 Å². The number of halogens is 2. The Morgan fingerprint density at radius 1 is 1.44 bits per heavy atom. The SMILES string of the molecule is CCCOc1c(Cl)cc(Cl)cc1CNCC(=O)O. The average molecular weight is 292 g/mol. The third kappa shape index (κ3) is 4.72. The van der Waals surface area contributed by atoms with Crippen LogP contribution in [0.4, 0.5) is 0 Å². The number of hydrogen-bond donors (Lipinski definition) is 2. The summed E-state index contributed by atoms with van der Waals surface area (Å²) in [6, 6.07) is 3.32. The zero-order chi connectivity index (χ0) is 13.5. The van der Waals surface area contributed by atoms with Crippen LogP contribution in [0, 0.1) is 0 Å². The lowest BCUT2D eigenvalue weighted by atomic mass is 10.2. The maximum Gasteiger partial charge on any atom is 0.317 e. The van der Waals surface area contributed by atoms with Gasteiger partial charge in [-0.3, -0.25) is 4.79 Å². The molecule has 0 fully saturated rings. The van der Waals surface area contributed by atoms with Crippen LogP contribution in [0.1, 0.15) is 18.9 Å². The van der Waals surface area contributed by atoms with E-state index < -0.39 is 5.97 Å². The summed E-state index contributed by atoms with van der Waals surface area (Å²) in [5.41, 5.74) is 0.752. The van der Waals surface area contributed by atoms with Gasteiger partial charge in [-0.1, -0.05) is 30.1 Å². The topological polar surface area (TPSA) is 58.6 Å². The van der Waals surface area contributed by atoms with Crippen molar-refractivity contribution in [3.8, 4) is 5.75 Å². The molecule has 0 aliphatic rings. The predicted molar refractivity (Wildman–Crippen MR) is 71.6 cm³/mol. The molecule has 0 aliphatic heterocycles. The van der Waals surface area contributed by atoms with Gasteiger partial charge in [0, 0.05) is 17.1 Å². The Morgan fingerprint density at radius 2 is 2.17 bits per heavy atom. The number of rotatable bonds is 7. The maximum absolute atomic E-state index is 10.4. The van der Waals surface area contributed by atoms with Crippen LogP contribution < -0.4 is 10.1 Å². The molecule has 0 heterocycles. The first-order chi connectivity index (χ1) is 8.54. The number of benzene rings is 1. The first kappa shape index (κ1) is 15.1. The largest absolute Gasteiger partial charge is 0.492 e. The van der Waals surface area contributed by atoms with Crippen molar-refractivity contribution in [3.63, 3.8) is 0 Å². The smallest absolute Gasteiger partial charge is 0.317 e. The standard InChI is InChI=1S/C12H15Cl2NO3/c1-2-3-18-12-8(6-15-7-11(16)17)4-9(13)5-10(12)14/h4-5,15H,2-3,6-7H2,1H3,(H,16,17). The number of carboxylic acids is 1. The molecule has 0 atom stereocenters. The van der Waals surface area contributed by atoms with Crippen molar-refractivity contribution in [3.05, 3.63) is 27.7 Å². The van der Waals surface area contributed by atoms with Crippen LogP contribution in [0.25, 0.3) is 0 Å². The lowest BCUT2D eigenvalue weighted by Crippen LogP contribution is -2.22. The molecule has 1 aromatic carbocycles. The Morgan fingerprint density at radius 3 is 2.78 bits per heavy atom. The van der Waals surface area contributed by atoms with E-state index in [4.69, 9.17) is 33.0 Å². The van der Waals surface area contributed by atoms with Gasteiger partial charge in [0.15, 0.2) is 0 Å². The monoisotopic (exact) mass is 291 g/mol. The minimum Gasteiger partial charge on any atom is -0.492 e. The molecule has 0 aromatic heterocycles. The molecule has 0 amide bonds. The van der Waals surface area contributed by atoms with Crippen molar-refractivity contribution >= 4 is 29.2 Å². The molecule has 1 rings (SSSR count). The second kappa shape index (κ2) is 7.46. The number of aliphatic carboxylic acids is 1. The van der Waals surface area contributed by atoms with Crippen LogP contribution in [0.15, 0.2) is 12.1 Å². The number of nitrogens with one attached hydrogen (secondary N) is 1. The number of carbonyl (C=O) groups is 1. The molecule has 0 saturated carbocycles. The van der Waals surface area contributed by atoms with Gasteiger partial charge in [-0.15, -0.1) is 0 Å². The van der Waals surface area contributed by atoms with Crippen molar-refractivity contribution in [1.82, 2.24) is 5.32 Å². The summed E-state index contributed by atoms with van der Waals surface area (Å²) in [5.74, 6) is -0.361. The van der Waals surface area contributed by atoms with Crippen molar-refractivity contribution in [1.29, 1.82) is 0 Å². The Hall–Kier alpha value is -0.970. The molecular weight excluding hydrogens is 277 g/mol. The van der Waals surface area contributed by atoms with Gasteiger partial charge in [0.2, 0.25) is 0 Å². The summed E-state index contributed by atoms with van der Waals surface area (Å²) in [4.78, 5) is 10.4. The lowest BCUT2D eigenvalue weighted by molar-refractivity contribution is -0.136. The fourth-order valence-corrected chi connectivity index (χ4v) is 2.00. The second-order valence-corrected chi connectivity index (χ2v) is 4.57. The zero-order valence-corrected chi connectivity index (χ0v) is 11.5. The highest BCUT2D eigenvalue weighted by atomic mass is 35.5. The molecule has 0 spiro atoms. The minimum absolute atomic E-state index is 0.128. The zero-order valence-electron chi connectivity index (χ0n) is 10.0. The van der Waals surface area contributed by atoms with Crippen molar-refractivity contribution in [2.24, 2.45) is 0 Å². The molecule has 0 aliphatic carbocycles. The molecule has 0 bridgehead atoms. The molecule has 6 heteroatoms. The van der Waals surface area contributed by atoms with E-state index >= 15 is 0 Å². The van der Waals surface area contributed by atoms with Gasteiger partial charge in [-0.25, -0.2) is 0 Å². The fraction of sp³-hybridized carbons (Fsp3) is 0.417. The summed E-state index contributed by atoms with van der Waals surface area (Å²) >= 11 is 12.0. The van der Waals surface area contributed by atoms with Crippen molar-refractivity contribution in [2.75, 3.05) is 13.2 Å². The third-order valence-corrected chi connectivity index (χ3v) is 2.63. The Balaban J connectivity index is 2.81. The van der Waals surface area contributed by atoms with Crippen LogP contribution in [0.5, 0.6) is 5.75 Å². The molecule has 100 valence electrons. The summed E-state index contributed by atoms with van der Waals surface area (Å²) in [6.07, 6.45) is 0.862. The normalized spacial score (nSPS) is 10.4. The highest BCUT2D eigenvalue weighted by Gasteiger charge is 2.11. The molecule has 0 saturated heterocycles. The second-order valence-electron chi connectivity index (χ2n) is 3.72. The number of ether oxygens (including phenoxy) is 1. The van der Waals surface area contributed by atoms with Gasteiger partial charge >= 0.3 is 5.97 Å². The molecular formula is C12H15Cl2NO3. The summed E-state index contributed by atoms with van der Waals surface area (Å²) in [7, 11) is 0. The number of carboxylic acid groups (broad SMARTS) is 1. The van der Waals surface area contributed by atoms with E-state index in [-0.39, 0.29) is 6.54 Å². The van der Waals surface area contributed by atoms with Gasteiger partial charge in [0.05, 0.1) is 18.2 Å². The highest BCUT2D eigenvalue weighted by molar-refractivity contribution is 6.35. The van der Waals surface area contributed by atoms with Crippen LogP contribution in [-0.2, 0) is 11.3 Å². The van der Waals surface area contributed by atoms with Gasteiger partial charge in [-0.05, 0) is 18.6 Å². The Bertz CT molecular complexity index is 424. The van der Waals surface area contributed by atoms with Gasteiger partial charge in [-0.2, -0.15) is 0 Å². The highest BCUT2D eigenvalue weighted by Crippen LogP contribution is 2.32. The van der Waals surface area contributed by atoms with Gasteiger partial charge in [0.25, 0.3) is 0 Å². The first-order valence-electron chi connectivity index (χ1n) is 5.57. The van der Waals surface area contributed by atoms with E-state index in [9.17, 15) is 4.79 Å². The molecule has 0 radical (unpaired) electrons. The van der Waals surface area contributed by atoms with Crippen LogP contribution >= 0.6 is 23.2 Å². The maximum atomic E-state index is 10.4. The van der Waals surface area contributed by atoms with Gasteiger partial charge < -0.3 is 15.2 Å². The van der Waals surface area contributed by atoms with E-state index in [0.29, 0.717) is 28.9 Å². The molecule has 4 nitrogen and oxygen atoms in total. The average Bonchev–Trinajstić information content (AvgIpc) is 2.27. The van der Waals surface area contributed by atoms with E-state index in [1.807, 2.05) is 6.92 Å². The molecule has 0 unspecified atom stereocenters. The van der Waals surface area contributed by atoms with Crippen LogP contribution in [-0.4, -0.2) is 24.2 Å². The van der Waals surface area contributed by atoms with E-state index in [1.54, 1.807) is 12.1 Å². The molecule has 2 N–H and O–H groups in total. The Kier molecular flexibility index (Phi) is 6.25. The van der Waals surface area contributed by atoms with Crippen LogP contribution in [0.2, 0.25) is 10.0 Å². The first-order valence-corrected chi connectivity index (χ1v) is 6.33. The number of hydrogen-bond acceptors (Lipinski definition) is 3. The predicted octanol–water partition coefficient (Wildman–Crippen LogP) is 2.96. The molecule has 1 aromatic rings. The summed E-state index contributed by atoms with van der Waals surface area (Å²) < 4.78 is 5.55. The fourth-order valence-electron chi connectivity index (χ4n) is 1.41. The third-order valence-electron chi connectivity index (χ3n) is 2.13. The van der Waals surface area contributed by atoms with Gasteiger partial charge in [0.1, 0.15) is 5.75 Å². The van der Waals surface area contributed by atoms with Crippen molar-refractivity contribution in [2.45, 2.75) is 19.9 Å². The van der Waals surface area contributed by atoms with Crippen molar-refractivity contribution < 1.29 is 14.6 Å². The summed E-state index contributed by atoms with van der Waals surface area (Å²) in [5, 5.41) is 12.3. The summed E-state index contributed by atoms with van der Waals surface area (Å²) in [6.45, 7) is 2.75. The quantitative estimate of drug-likeness (QED) is 0.811. The minimum atomic E-state index is -0.917. The lowest BCUT2D eigenvalue weighted by Gasteiger charge is -2.13.